The molecule has 2 N–H and O–H groups in total. The van der Waals surface area contributed by atoms with E-state index in [2.05, 4.69) is 253 Å². The summed E-state index contributed by atoms with van der Waals surface area (Å²) in [7, 11) is -6.94. The van der Waals surface area contributed by atoms with Crippen molar-refractivity contribution in [1.29, 1.82) is 0 Å². The minimum Gasteiger partial charge on any atom is -0.507 e. The topological polar surface area (TPSA) is 40.5 Å². The van der Waals surface area contributed by atoms with Gasteiger partial charge in [0.1, 0.15) is 11.5 Å². The van der Waals surface area contributed by atoms with Gasteiger partial charge in [0, 0.05) is 11.1 Å². The molecule has 4 heteroatoms. The van der Waals surface area contributed by atoms with Gasteiger partial charge in [-0.1, -0.05) is 237 Å². The zero-order valence-corrected chi connectivity index (χ0v) is 46.1. The molecule has 0 unspecified atom stereocenters. The van der Waals surface area contributed by atoms with E-state index < -0.39 is 16.1 Å². The third-order valence-electron chi connectivity index (χ3n) is 15.0. The molecule has 0 saturated heterocycles. The Labute approximate surface area is 429 Å². The lowest BCUT2D eigenvalue weighted by atomic mass is 9.92. The summed E-state index contributed by atoms with van der Waals surface area (Å²) in [6, 6.07) is 63.5. The number of phenols is 2. The molecule has 0 radical (unpaired) electrons. The number of phenolic OH excluding ortho intramolecular Hbond substituents is 2. The zero-order valence-electron chi connectivity index (χ0n) is 44.1. The van der Waals surface area contributed by atoms with Crippen LogP contribution in [0.2, 0.25) is 0 Å². The Hall–Kier alpha value is -7.25. The Morgan fingerprint density at radius 3 is 0.653 bits per heavy atom. The smallest absolute Gasteiger partial charge is 0.184 e. The van der Waals surface area contributed by atoms with Crippen molar-refractivity contribution in [3.8, 4) is 22.6 Å². The van der Waals surface area contributed by atoms with Gasteiger partial charge in [0.25, 0.3) is 0 Å². The molecule has 0 saturated carbocycles. The van der Waals surface area contributed by atoms with Crippen LogP contribution in [0.25, 0.3) is 32.7 Å². The number of rotatable bonds is 9. The molecule has 72 heavy (non-hydrogen) atoms. The van der Waals surface area contributed by atoms with Gasteiger partial charge in [-0.15, -0.1) is 0 Å². The second kappa shape index (κ2) is 18.4. The molecule has 0 fully saturated rings. The lowest BCUT2D eigenvalue weighted by molar-refractivity contribution is 0.474. The van der Waals surface area contributed by atoms with Gasteiger partial charge >= 0.3 is 0 Å². The molecule has 0 bridgehead atoms. The fourth-order valence-corrected chi connectivity index (χ4v) is 23.7. The first-order valence-electron chi connectivity index (χ1n) is 25.4. The first-order valence-corrected chi connectivity index (χ1v) is 29.4. The van der Waals surface area contributed by atoms with Crippen LogP contribution >= 0.6 is 0 Å². The van der Waals surface area contributed by atoms with Crippen molar-refractivity contribution in [1.82, 2.24) is 0 Å². The predicted molar refractivity (Wildman–Crippen MR) is 314 cm³/mol. The number of aryl methyl sites for hydroxylation is 12. The van der Waals surface area contributed by atoms with E-state index in [-0.39, 0.29) is 11.5 Å². The first-order chi connectivity index (χ1) is 34.4. The van der Waals surface area contributed by atoms with E-state index >= 15 is 0 Å². The molecule has 0 aliphatic carbocycles. The van der Waals surface area contributed by atoms with Crippen LogP contribution in [-0.2, 0) is 0 Å². The molecule has 0 amide bonds. The van der Waals surface area contributed by atoms with E-state index in [0.717, 1.165) is 31.9 Å². The second-order valence-corrected chi connectivity index (χ2v) is 29.0. The van der Waals surface area contributed by atoms with E-state index in [0.29, 0.717) is 11.1 Å². The molecule has 0 heterocycles. The summed E-state index contributed by atoms with van der Waals surface area (Å²) >= 11 is 0. The number of fused-ring (bicyclic) bond motifs is 2. The predicted octanol–water partition coefficient (Wildman–Crippen LogP) is 11.5. The van der Waals surface area contributed by atoms with Crippen LogP contribution in [0.4, 0.5) is 0 Å². The second-order valence-electron chi connectivity index (χ2n) is 21.5. The van der Waals surface area contributed by atoms with Crippen LogP contribution in [-0.4, -0.2) is 26.4 Å². The van der Waals surface area contributed by atoms with Crippen LogP contribution < -0.4 is 41.5 Å². The summed E-state index contributed by atoms with van der Waals surface area (Å²) in [6.45, 7) is 26.3. The molecule has 0 aromatic heterocycles. The van der Waals surface area contributed by atoms with Crippen LogP contribution in [0.3, 0.4) is 0 Å². The highest BCUT2D eigenvalue weighted by molar-refractivity contribution is 7.21. The molecular formula is C68H66O2Si2. The highest BCUT2D eigenvalue weighted by Gasteiger charge is 2.48. The van der Waals surface area contributed by atoms with Crippen molar-refractivity contribution < 1.29 is 10.2 Å². The summed E-state index contributed by atoms with van der Waals surface area (Å²) in [5, 5.41) is 41.3. The molecule has 0 aliphatic rings. The number of aromatic hydroxyl groups is 2. The van der Waals surface area contributed by atoms with E-state index in [9.17, 15) is 10.2 Å². The van der Waals surface area contributed by atoms with Crippen molar-refractivity contribution in [2.75, 3.05) is 0 Å². The van der Waals surface area contributed by atoms with Gasteiger partial charge in [0.15, 0.2) is 16.1 Å². The maximum Gasteiger partial charge on any atom is 0.184 e. The normalized spacial score (nSPS) is 12.0. The number of hydrogen-bond donors (Lipinski definition) is 2. The summed E-state index contributed by atoms with van der Waals surface area (Å²) < 4.78 is 0. The van der Waals surface area contributed by atoms with E-state index in [1.165, 1.54) is 97.9 Å². The number of benzene rings is 10. The average Bonchev–Trinajstić information content (AvgIpc) is 3.29. The van der Waals surface area contributed by atoms with Gasteiger partial charge in [-0.2, -0.15) is 0 Å². The summed E-state index contributed by atoms with van der Waals surface area (Å²) in [6.07, 6.45) is 0. The van der Waals surface area contributed by atoms with Crippen molar-refractivity contribution in [2.45, 2.75) is 83.1 Å². The maximum atomic E-state index is 14.3. The van der Waals surface area contributed by atoms with Gasteiger partial charge in [0.2, 0.25) is 0 Å². The van der Waals surface area contributed by atoms with Gasteiger partial charge in [-0.25, -0.2) is 0 Å². The Bertz CT molecular complexity index is 3200. The van der Waals surface area contributed by atoms with Crippen molar-refractivity contribution >= 4 is 79.2 Å². The SMILES string of the molecule is Cc1cc(C)cc([Si](c2cc(C)cc(C)c2)(c2cc(C)cc(C)c2)c2cc3ccccc3c(-c3c(O)c([Si](c4cc(C)cc(C)c4)(c4cc(C)cc(C)c4)c4cc(C)cc(C)c4)cc4ccccc34)c2O)c1. The Balaban J connectivity index is 1.46. The monoisotopic (exact) mass is 970 g/mol. The molecule has 2 nitrogen and oxygen atoms in total. The Morgan fingerprint density at radius 1 is 0.250 bits per heavy atom. The number of hydrogen-bond acceptors (Lipinski definition) is 2. The lowest BCUT2D eigenvalue weighted by Gasteiger charge is -2.38. The third-order valence-corrected chi connectivity index (χ3v) is 24.3. The average molecular weight is 971 g/mol. The minimum absolute atomic E-state index is 0.201. The molecular weight excluding hydrogens is 905 g/mol. The fourth-order valence-electron chi connectivity index (χ4n) is 12.8. The van der Waals surface area contributed by atoms with Gasteiger partial charge in [0.05, 0.1) is 0 Å². The summed E-state index contributed by atoms with van der Waals surface area (Å²) in [4.78, 5) is 0. The standard InChI is InChI=1S/C68H66O2Si2/c1-41-21-42(2)28-55(27-41)71(56-29-43(3)22-44(4)30-56,57-31-45(5)23-46(6)32-57)63-39-53-17-13-15-19-61(53)65(67(63)69)66-62-20-16-14-18-54(62)40-64(68(66)70)72(58-33-47(7)24-48(8)34-58,59-35-49(9)25-50(10)36-59)60-37-51(11)26-52(12)38-60/h13-40,69-70H,1-12H3. The summed E-state index contributed by atoms with van der Waals surface area (Å²) in [5.41, 5.74) is 15.4. The van der Waals surface area contributed by atoms with Gasteiger partial charge < -0.3 is 10.2 Å². The molecule has 10 aromatic carbocycles. The molecule has 0 aliphatic heterocycles. The van der Waals surface area contributed by atoms with Gasteiger partial charge in [-0.3, -0.25) is 0 Å². The zero-order chi connectivity index (χ0) is 51.0. The Morgan fingerprint density at radius 2 is 0.444 bits per heavy atom. The molecule has 0 atom stereocenters. The van der Waals surface area contributed by atoms with Crippen molar-refractivity contribution in [3.05, 3.63) is 237 Å². The van der Waals surface area contributed by atoms with Gasteiger partial charge in [-0.05, 0) is 146 Å². The molecule has 0 spiro atoms. The van der Waals surface area contributed by atoms with Crippen molar-refractivity contribution in [3.63, 3.8) is 0 Å². The largest absolute Gasteiger partial charge is 0.507 e. The Kier molecular flexibility index (Phi) is 12.4. The minimum atomic E-state index is -3.47. The van der Waals surface area contributed by atoms with E-state index in [4.69, 9.17) is 0 Å². The highest BCUT2D eigenvalue weighted by atomic mass is 28.3. The van der Waals surface area contributed by atoms with Crippen LogP contribution in [0.15, 0.2) is 170 Å². The molecule has 10 aromatic rings. The quantitative estimate of drug-likeness (QED) is 0.112. The highest BCUT2D eigenvalue weighted by Crippen LogP contribution is 2.45. The van der Waals surface area contributed by atoms with E-state index in [1.807, 2.05) is 0 Å². The molecule has 358 valence electrons. The van der Waals surface area contributed by atoms with Crippen LogP contribution in [0.1, 0.15) is 66.8 Å². The van der Waals surface area contributed by atoms with Crippen LogP contribution in [0, 0.1) is 83.1 Å². The maximum absolute atomic E-state index is 14.3. The lowest BCUT2D eigenvalue weighted by Crippen LogP contribution is -2.75. The third kappa shape index (κ3) is 8.21. The van der Waals surface area contributed by atoms with Crippen LogP contribution in [0.5, 0.6) is 11.5 Å². The van der Waals surface area contributed by atoms with Crippen molar-refractivity contribution in [2.24, 2.45) is 0 Å². The van der Waals surface area contributed by atoms with E-state index in [1.54, 1.807) is 0 Å². The molecule has 10 rings (SSSR count). The summed E-state index contributed by atoms with van der Waals surface area (Å²) in [5.74, 6) is 0.402. The fraction of sp³-hybridized carbons (Fsp3) is 0.176. The first kappa shape index (κ1) is 48.4.